The summed E-state index contributed by atoms with van der Waals surface area (Å²) < 4.78 is 7.30. The number of hydrogen-bond acceptors (Lipinski definition) is 3. The van der Waals surface area contributed by atoms with Crippen molar-refractivity contribution in [1.29, 1.82) is 0 Å². The smallest absolute Gasteiger partial charge is 0.250 e. The van der Waals surface area contributed by atoms with E-state index in [-0.39, 0.29) is 5.56 Å². The number of ether oxygens (including phenoxy) is 1. The summed E-state index contributed by atoms with van der Waals surface area (Å²) in [7, 11) is 1.76. The van der Waals surface area contributed by atoms with Crippen LogP contribution < -0.4 is 16.2 Å². The van der Waals surface area contributed by atoms with Crippen molar-refractivity contribution >= 4 is 5.96 Å². The van der Waals surface area contributed by atoms with Gasteiger partial charge in [0.25, 0.3) is 5.56 Å². The van der Waals surface area contributed by atoms with Crippen LogP contribution in [0.5, 0.6) is 0 Å². The summed E-state index contributed by atoms with van der Waals surface area (Å²) in [6, 6.07) is 13.4. The molecule has 0 fully saturated rings. The Balaban J connectivity index is 1.72. The summed E-state index contributed by atoms with van der Waals surface area (Å²) in [5, 5.41) is 6.56. The van der Waals surface area contributed by atoms with Gasteiger partial charge in [0.15, 0.2) is 5.96 Å². The molecule has 152 valence electrons. The maximum absolute atomic E-state index is 11.8. The van der Waals surface area contributed by atoms with Crippen LogP contribution in [0, 0.1) is 5.92 Å². The van der Waals surface area contributed by atoms with Crippen LogP contribution in [0.15, 0.2) is 58.4 Å². The van der Waals surface area contributed by atoms with E-state index in [1.807, 2.05) is 6.07 Å². The zero-order valence-electron chi connectivity index (χ0n) is 17.1. The first-order chi connectivity index (χ1) is 13.6. The minimum absolute atomic E-state index is 0.0105. The van der Waals surface area contributed by atoms with Gasteiger partial charge in [-0.05, 0) is 29.5 Å². The molecule has 28 heavy (non-hydrogen) atoms. The number of aromatic nitrogens is 1. The van der Waals surface area contributed by atoms with Gasteiger partial charge in [-0.25, -0.2) is 0 Å². The highest BCUT2D eigenvalue weighted by molar-refractivity contribution is 5.79. The molecule has 0 saturated heterocycles. The average molecular weight is 385 g/mol. The van der Waals surface area contributed by atoms with Gasteiger partial charge >= 0.3 is 0 Å². The molecular formula is C22H32N4O2. The summed E-state index contributed by atoms with van der Waals surface area (Å²) >= 11 is 0. The van der Waals surface area contributed by atoms with Crippen molar-refractivity contribution in [3.63, 3.8) is 0 Å². The van der Waals surface area contributed by atoms with Crippen LogP contribution in [-0.4, -0.2) is 37.3 Å². The van der Waals surface area contributed by atoms with Gasteiger partial charge in [-0.15, -0.1) is 0 Å². The highest BCUT2D eigenvalue weighted by atomic mass is 16.5. The van der Waals surface area contributed by atoms with Crippen molar-refractivity contribution in [2.24, 2.45) is 10.9 Å². The number of nitrogens with zero attached hydrogens (tertiary/aromatic N) is 2. The molecule has 0 aliphatic heterocycles. The molecule has 6 heteroatoms. The maximum atomic E-state index is 11.8. The molecule has 1 heterocycles. The molecular weight excluding hydrogens is 352 g/mol. The van der Waals surface area contributed by atoms with Crippen LogP contribution in [0.3, 0.4) is 0 Å². The number of rotatable bonds is 10. The molecule has 1 aromatic heterocycles. The van der Waals surface area contributed by atoms with Gasteiger partial charge in [0.1, 0.15) is 0 Å². The molecule has 6 nitrogen and oxygen atoms in total. The monoisotopic (exact) mass is 384 g/mol. The van der Waals surface area contributed by atoms with E-state index in [1.54, 1.807) is 29.9 Å². The number of aliphatic imine (C=N–C) groups is 1. The molecule has 2 N–H and O–H groups in total. The normalized spacial score (nSPS) is 11.6. The largest absolute Gasteiger partial charge is 0.380 e. The molecule has 1 aromatic carbocycles. The number of nitrogens with one attached hydrogen (secondary N) is 2. The molecule has 0 radical (unpaired) electrons. The van der Waals surface area contributed by atoms with Crippen LogP contribution in [0.2, 0.25) is 0 Å². The molecule has 0 aliphatic rings. The topological polar surface area (TPSA) is 67.7 Å². The van der Waals surface area contributed by atoms with Crippen molar-refractivity contribution in [2.45, 2.75) is 33.4 Å². The summed E-state index contributed by atoms with van der Waals surface area (Å²) in [6.45, 7) is 7.84. The number of hydrogen-bond donors (Lipinski definition) is 2. The van der Waals surface area contributed by atoms with Crippen LogP contribution in [0.25, 0.3) is 0 Å². The average Bonchev–Trinajstić information content (AvgIpc) is 2.69. The Labute approximate surface area is 167 Å². The van der Waals surface area contributed by atoms with E-state index in [0.717, 1.165) is 36.7 Å². The van der Waals surface area contributed by atoms with Crippen LogP contribution in [0.1, 0.15) is 31.4 Å². The molecule has 0 unspecified atom stereocenters. The van der Waals surface area contributed by atoms with E-state index >= 15 is 0 Å². The second-order valence-corrected chi connectivity index (χ2v) is 7.13. The van der Waals surface area contributed by atoms with Crippen molar-refractivity contribution in [1.82, 2.24) is 15.2 Å². The van der Waals surface area contributed by atoms with Gasteiger partial charge in [0.2, 0.25) is 0 Å². The Hall–Kier alpha value is -2.60. The van der Waals surface area contributed by atoms with Crippen molar-refractivity contribution in [3.05, 3.63) is 70.1 Å². The minimum atomic E-state index is 0.0105. The van der Waals surface area contributed by atoms with E-state index in [9.17, 15) is 4.79 Å². The van der Waals surface area contributed by atoms with E-state index < -0.39 is 0 Å². The second-order valence-electron chi connectivity index (χ2n) is 7.13. The molecule has 0 spiro atoms. The first-order valence-electron chi connectivity index (χ1n) is 9.84. The first-order valence-corrected chi connectivity index (χ1v) is 9.84. The summed E-state index contributed by atoms with van der Waals surface area (Å²) in [5.41, 5.74) is 2.26. The van der Waals surface area contributed by atoms with Crippen LogP contribution in [0.4, 0.5) is 0 Å². The molecule has 0 aliphatic carbocycles. The second kappa shape index (κ2) is 12.0. The van der Waals surface area contributed by atoms with Gasteiger partial charge < -0.3 is 19.9 Å². The molecule has 2 rings (SSSR count). The quantitative estimate of drug-likeness (QED) is 0.375. The number of pyridine rings is 1. The first kappa shape index (κ1) is 21.7. The molecule has 0 saturated carbocycles. The van der Waals surface area contributed by atoms with Gasteiger partial charge in [-0.2, -0.15) is 0 Å². The number of benzene rings is 1. The lowest BCUT2D eigenvalue weighted by molar-refractivity contribution is 0.128. The Morgan fingerprint density at radius 1 is 1.07 bits per heavy atom. The fraction of sp³-hybridized carbons (Fsp3) is 0.455. The zero-order valence-corrected chi connectivity index (χ0v) is 17.1. The van der Waals surface area contributed by atoms with E-state index in [4.69, 9.17) is 4.74 Å². The fourth-order valence-corrected chi connectivity index (χ4v) is 2.62. The minimum Gasteiger partial charge on any atom is -0.380 e. The summed E-state index contributed by atoms with van der Waals surface area (Å²) in [5.74, 6) is 1.43. The zero-order chi connectivity index (χ0) is 20.2. The van der Waals surface area contributed by atoms with E-state index in [0.29, 0.717) is 25.6 Å². The third-order valence-corrected chi connectivity index (χ3v) is 4.34. The lowest BCUT2D eigenvalue weighted by atomic mass is 10.1. The van der Waals surface area contributed by atoms with E-state index in [2.05, 4.69) is 53.7 Å². The van der Waals surface area contributed by atoms with Crippen molar-refractivity contribution in [2.75, 3.05) is 26.8 Å². The predicted octanol–water partition coefficient (Wildman–Crippen LogP) is 2.62. The van der Waals surface area contributed by atoms with Gasteiger partial charge in [0, 0.05) is 39.0 Å². The third kappa shape index (κ3) is 7.96. The van der Waals surface area contributed by atoms with Crippen molar-refractivity contribution in [3.8, 4) is 0 Å². The van der Waals surface area contributed by atoms with Crippen LogP contribution >= 0.6 is 0 Å². The highest BCUT2D eigenvalue weighted by Gasteiger charge is 2.01. The predicted molar refractivity (Wildman–Crippen MR) is 115 cm³/mol. The molecule has 0 atom stereocenters. The van der Waals surface area contributed by atoms with E-state index in [1.165, 1.54) is 0 Å². The Kier molecular flexibility index (Phi) is 9.28. The summed E-state index contributed by atoms with van der Waals surface area (Å²) in [4.78, 5) is 16.0. The van der Waals surface area contributed by atoms with Crippen LogP contribution in [-0.2, 0) is 17.8 Å². The molecule has 0 amide bonds. The Morgan fingerprint density at radius 3 is 2.50 bits per heavy atom. The maximum Gasteiger partial charge on any atom is 0.250 e. The third-order valence-electron chi connectivity index (χ3n) is 4.34. The standard InChI is InChI=1S/C22H32N4O2/c1-18(2)11-14-28-15-12-24-22(23-3)25-16-19-7-9-20(10-8-19)17-26-13-5-4-6-21(26)27/h4-10,13,18H,11-12,14-17H2,1-3H3,(H2,23,24,25). The molecule has 2 aromatic rings. The number of guanidine groups is 1. The Bertz CT molecular complexity index is 782. The van der Waals surface area contributed by atoms with Gasteiger partial charge in [-0.1, -0.05) is 44.2 Å². The Morgan fingerprint density at radius 2 is 1.82 bits per heavy atom. The van der Waals surface area contributed by atoms with Gasteiger partial charge in [-0.3, -0.25) is 9.79 Å². The lowest BCUT2D eigenvalue weighted by Crippen LogP contribution is -2.38. The highest BCUT2D eigenvalue weighted by Crippen LogP contribution is 2.05. The lowest BCUT2D eigenvalue weighted by Gasteiger charge is -2.13. The van der Waals surface area contributed by atoms with Gasteiger partial charge in [0.05, 0.1) is 13.2 Å². The van der Waals surface area contributed by atoms with Crippen molar-refractivity contribution < 1.29 is 4.74 Å². The SMILES string of the molecule is CN=C(NCCOCCC(C)C)NCc1ccc(Cn2ccccc2=O)cc1. The summed E-state index contributed by atoms with van der Waals surface area (Å²) in [6.07, 6.45) is 2.89. The fourth-order valence-electron chi connectivity index (χ4n) is 2.62. The molecule has 0 bridgehead atoms.